The molecular weight excluding hydrogens is 364 g/mol. The number of ether oxygens (including phenoxy) is 2. The number of nitrogens with zero attached hydrogens (tertiary/aromatic N) is 2. The number of carbonyl (C=O) groups is 1. The Balaban J connectivity index is 2.03. The summed E-state index contributed by atoms with van der Waals surface area (Å²) in [5.74, 6) is -0.0123. The van der Waals surface area contributed by atoms with Crippen LogP contribution < -0.4 is 4.74 Å². The standard InChI is InChI=1S/C21H19ClN2O3/c1-14-17(20(22)24(23-14)16-9-5-4-6-10-16)13-12-15-8-7-11-18(26-2)19(15)21(25)27-3/h4-13H,1-3H3/b13-12+. The number of carbonyl (C=O) groups excluding carboxylic acids is 1. The molecule has 3 aromatic rings. The van der Waals surface area contributed by atoms with Gasteiger partial charge >= 0.3 is 5.97 Å². The molecule has 0 amide bonds. The SMILES string of the molecule is COC(=O)c1c(/C=C/c2c(C)nn(-c3ccccc3)c2Cl)cccc1OC. The lowest BCUT2D eigenvalue weighted by Crippen LogP contribution is -2.06. The molecule has 138 valence electrons. The minimum atomic E-state index is -0.463. The summed E-state index contributed by atoms with van der Waals surface area (Å²) >= 11 is 6.55. The van der Waals surface area contributed by atoms with Gasteiger partial charge in [-0.2, -0.15) is 5.10 Å². The lowest BCUT2D eigenvalue weighted by Gasteiger charge is -2.09. The third kappa shape index (κ3) is 3.73. The second-order valence-corrected chi connectivity index (χ2v) is 6.14. The third-order valence-corrected chi connectivity index (χ3v) is 4.51. The van der Waals surface area contributed by atoms with Crippen molar-refractivity contribution in [3.63, 3.8) is 0 Å². The molecule has 1 aromatic heterocycles. The number of para-hydroxylation sites is 1. The molecule has 6 heteroatoms. The Morgan fingerprint density at radius 2 is 1.81 bits per heavy atom. The zero-order valence-electron chi connectivity index (χ0n) is 15.3. The van der Waals surface area contributed by atoms with Crippen LogP contribution in [0.4, 0.5) is 0 Å². The summed E-state index contributed by atoms with van der Waals surface area (Å²) < 4.78 is 11.9. The lowest BCUT2D eigenvalue weighted by molar-refractivity contribution is 0.0597. The van der Waals surface area contributed by atoms with Gasteiger partial charge in [-0.25, -0.2) is 9.48 Å². The van der Waals surface area contributed by atoms with Gasteiger partial charge in [-0.1, -0.05) is 48.0 Å². The van der Waals surface area contributed by atoms with Crippen LogP contribution in [0.1, 0.15) is 27.2 Å². The van der Waals surface area contributed by atoms with Crippen LogP contribution in [0.25, 0.3) is 17.8 Å². The molecule has 0 unspecified atom stereocenters. The number of methoxy groups -OCH3 is 2. The zero-order chi connectivity index (χ0) is 19.4. The van der Waals surface area contributed by atoms with E-state index in [-0.39, 0.29) is 0 Å². The number of rotatable bonds is 5. The maximum Gasteiger partial charge on any atom is 0.342 e. The van der Waals surface area contributed by atoms with Gasteiger partial charge in [0.1, 0.15) is 16.5 Å². The Hall–Kier alpha value is -3.05. The van der Waals surface area contributed by atoms with Gasteiger partial charge in [0.25, 0.3) is 0 Å². The van der Waals surface area contributed by atoms with E-state index in [1.807, 2.05) is 55.5 Å². The van der Waals surface area contributed by atoms with Crippen molar-refractivity contribution in [2.75, 3.05) is 14.2 Å². The van der Waals surface area contributed by atoms with Gasteiger partial charge in [-0.15, -0.1) is 0 Å². The third-order valence-electron chi connectivity index (χ3n) is 4.15. The molecule has 5 nitrogen and oxygen atoms in total. The van der Waals surface area contributed by atoms with Crippen molar-refractivity contribution in [3.05, 3.63) is 76.1 Å². The van der Waals surface area contributed by atoms with Crippen LogP contribution in [0.3, 0.4) is 0 Å². The highest BCUT2D eigenvalue weighted by Crippen LogP contribution is 2.28. The van der Waals surface area contributed by atoms with Gasteiger partial charge in [-0.3, -0.25) is 0 Å². The van der Waals surface area contributed by atoms with Crippen molar-refractivity contribution < 1.29 is 14.3 Å². The number of halogens is 1. The Labute approximate surface area is 162 Å². The van der Waals surface area contributed by atoms with Crippen LogP contribution in [0.15, 0.2) is 48.5 Å². The molecule has 0 aliphatic rings. The summed E-state index contributed by atoms with van der Waals surface area (Å²) in [5.41, 5.74) is 3.47. The van der Waals surface area contributed by atoms with E-state index in [0.717, 1.165) is 16.9 Å². The van der Waals surface area contributed by atoms with Gasteiger partial charge in [0, 0.05) is 5.56 Å². The molecule has 0 aliphatic heterocycles. The normalized spacial score (nSPS) is 11.0. The molecule has 0 N–H and O–H groups in total. The summed E-state index contributed by atoms with van der Waals surface area (Å²) in [4.78, 5) is 12.2. The maximum absolute atomic E-state index is 12.2. The first-order chi connectivity index (χ1) is 13.1. The Morgan fingerprint density at radius 1 is 1.07 bits per heavy atom. The van der Waals surface area contributed by atoms with Crippen LogP contribution in [0.5, 0.6) is 5.75 Å². The zero-order valence-corrected chi connectivity index (χ0v) is 16.0. The van der Waals surface area contributed by atoms with Gasteiger partial charge in [0.15, 0.2) is 0 Å². The predicted molar refractivity (Wildman–Crippen MR) is 107 cm³/mol. The first kappa shape index (κ1) is 18.7. The smallest absolute Gasteiger partial charge is 0.342 e. The van der Waals surface area contributed by atoms with Crippen molar-refractivity contribution in [1.82, 2.24) is 9.78 Å². The molecule has 1 heterocycles. The number of aromatic nitrogens is 2. The van der Waals surface area contributed by atoms with Crippen molar-refractivity contribution in [3.8, 4) is 11.4 Å². The Kier molecular flexibility index (Phi) is 5.62. The summed E-state index contributed by atoms with van der Waals surface area (Å²) in [5, 5.41) is 5.01. The molecule has 0 bridgehead atoms. The number of hydrogen-bond acceptors (Lipinski definition) is 4. The van der Waals surface area contributed by atoms with Gasteiger partial charge in [0.05, 0.1) is 25.6 Å². The summed E-state index contributed by atoms with van der Waals surface area (Å²) in [7, 11) is 2.85. The molecule has 0 saturated heterocycles. The number of hydrogen-bond donors (Lipinski definition) is 0. The monoisotopic (exact) mass is 382 g/mol. The average molecular weight is 383 g/mol. The Bertz CT molecular complexity index is 994. The highest BCUT2D eigenvalue weighted by Gasteiger charge is 2.17. The van der Waals surface area contributed by atoms with Gasteiger partial charge in [0.2, 0.25) is 0 Å². The lowest BCUT2D eigenvalue weighted by atomic mass is 10.0. The minimum absolute atomic E-state index is 0.364. The molecule has 0 saturated carbocycles. The van der Waals surface area contributed by atoms with E-state index >= 15 is 0 Å². The van der Waals surface area contributed by atoms with E-state index in [1.54, 1.807) is 16.8 Å². The fourth-order valence-corrected chi connectivity index (χ4v) is 3.13. The van der Waals surface area contributed by atoms with E-state index in [1.165, 1.54) is 14.2 Å². The topological polar surface area (TPSA) is 53.3 Å². The average Bonchev–Trinajstić information content (AvgIpc) is 2.99. The summed E-state index contributed by atoms with van der Waals surface area (Å²) in [6.45, 7) is 1.89. The molecule has 0 atom stereocenters. The van der Waals surface area contributed by atoms with E-state index in [2.05, 4.69) is 5.10 Å². The second-order valence-electron chi connectivity index (χ2n) is 5.79. The fraction of sp³-hybridized carbons (Fsp3) is 0.143. The molecule has 0 fully saturated rings. The van der Waals surface area contributed by atoms with Gasteiger partial charge in [-0.05, 0) is 36.8 Å². The number of esters is 1. The molecule has 0 radical (unpaired) electrons. The van der Waals surface area contributed by atoms with Crippen LogP contribution in [-0.2, 0) is 4.74 Å². The van der Waals surface area contributed by atoms with E-state index in [9.17, 15) is 4.79 Å². The molecule has 3 rings (SSSR count). The molecule has 0 spiro atoms. The van der Waals surface area contributed by atoms with Crippen molar-refractivity contribution in [2.24, 2.45) is 0 Å². The fourth-order valence-electron chi connectivity index (χ4n) is 2.79. The largest absolute Gasteiger partial charge is 0.496 e. The molecule has 0 aliphatic carbocycles. The first-order valence-corrected chi connectivity index (χ1v) is 8.68. The maximum atomic E-state index is 12.2. The highest BCUT2D eigenvalue weighted by atomic mass is 35.5. The first-order valence-electron chi connectivity index (χ1n) is 8.30. The summed E-state index contributed by atoms with van der Waals surface area (Å²) in [6.07, 6.45) is 3.64. The molecule has 2 aromatic carbocycles. The second kappa shape index (κ2) is 8.10. The predicted octanol–water partition coefficient (Wildman–Crippen LogP) is 4.80. The van der Waals surface area contributed by atoms with Crippen LogP contribution in [0, 0.1) is 6.92 Å². The van der Waals surface area contributed by atoms with Crippen LogP contribution in [0.2, 0.25) is 5.15 Å². The van der Waals surface area contributed by atoms with E-state index < -0.39 is 5.97 Å². The van der Waals surface area contributed by atoms with Crippen LogP contribution >= 0.6 is 11.6 Å². The van der Waals surface area contributed by atoms with Crippen molar-refractivity contribution in [1.29, 1.82) is 0 Å². The Morgan fingerprint density at radius 3 is 2.48 bits per heavy atom. The quantitative estimate of drug-likeness (QED) is 0.595. The van der Waals surface area contributed by atoms with Crippen molar-refractivity contribution >= 4 is 29.7 Å². The van der Waals surface area contributed by atoms with Crippen LogP contribution in [-0.4, -0.2) is 30.0 Å². The van der Waals surface area contributed by atoms with E-state index in [0.29, 0.717) is 22.0 Å². The number of benzene rings is 2. The number of aryl methyl sites for hydroxylation is 1. The van der Waals surface area contributed by atoms with E-state index in [4.69, 9.17) is 21.1 Å². The minimum Gasteiger partial charge on any atom is -0.496 e. The summed E-state index contributed by atoms with van der Waals surface area (Å²) in [6, 6.07) is 15.0. The molecular formula is C21H19ClN2O3. The van der Waals surface area contributed by atoms with Gasteiger partial charge < -0.3 is 9.47 Å². The molecule has 27 heavy (non-hydrogen) atoms. The highest BCUT2D eigenvalue weighted by molar-refractivity contribution is 6.31. The van der Waals surface area contributed by atoms with Crippen molar-refractivity contribution in [2.45, 2.75) is 6.92 Å².